The number of hydrogen-bond donors (Lipinski definition) is 2. The van der Waals surface area contributed by atoms with Crippen LogP contribution >= 0.6 is 0 Å². The molecule has 0 atom stereocenters. The quantitative estimate of drug-likeness (QED) is 0.190. The van der Waals surface area contributed by atoms with Gasteiger partial charge in [0.2, 0.25) is 0 Å². The first kappa shape index (κ1) is 30.4. The molecule has 1 saturated heterocycles. The third kappa shape index (κ3) is 7.64. The summed E-state index contributed by atoms with van der Waals surface area (Å²) in [4.78, 5) is 21.1. The molecular weight excluding hydrogens is 562 g/mol. The van der Waals surface area contributed by atoms with E-state index in [0.717, 1.165) is 48.8 Å². The summed E-state index contributed by atoms with van der Waals surface area (Å²) in [6.45, 7) is 5.61. The molecule has 1 amide bonds. The molecule has 0 unspecified atom stereocenters. The zero-order chi connectivity index (χ0) is 30.9. The highest BCUT2D eigenvalue weighted by molar-refractivity contribution is 5.94. The molecule has 0 saturated carbocycles. The fourth-order valence-corrected chi connectivity index (χ4v) is 4.75. The van der Waals surface area contributed by atoms with E-state index in [4.69, 9.17) is 28.5 Å². The largest absolute Gasteiger partial charge is 0.497 e. The second-order valence-corrected chi connectivity index (χ2v) is 10.2. The van der Waals surface area contributed by atoms with Gasteiger partial charge >= 0.3 is 0 Å². The molecule has 10 nitrogen and oxygen atoms in total. The number of amides is 1. The molecule has 5 rings (SSSR count). The highest BCUT2D eigenvalue weighted by Crippen LogP contribution is 2.34. The molecule has 0 aromatic heterocycles. The van der Waals surface area contributed by atoms with Crippen molar-refractivity contribution >= 4 is 17.3 Å². The van der Waals surface area contributed by atoms with Crippen LogP contribution in [0.2, 0.25) is 0 Å². The first-order valence-electron chi connectivity index (χ1n) is 14.3. The SMILES string of the molecule is COc1cc(OC)cc(C(=O)NOc2ccc(Oc3ccc(C)cc3OC)cc2CNc2ccc(N3CCOCC3)cc2)c1. The third-order valence-electron chi connectivity index (χ3n) is 7.17. The van der Waals surface area contributed by atoms with E-state index in [2.05, 4.69) is 27.8 Å². The fraction of sp³-hybridized carbons (Fsp3) is 0.265. The van der Waals surface area contributed by atoms with E-state index < -0.39 is 5.91 Å². The van der Waals surface area contributed by atoms with E-state index in [1.54, 1.807) is 37.4 Å². The second-order valence-electron chi connectivity index (χ2n) is 10.2. The molecule has 44 heavy (non-hydrogen) atoms. The van der Waals surface area contributed by atoms with Gasteiger partial charge in [-0.3, -0.25) is 4.79 Å². The Balaban J connectivity index is 1.34. The topological polar surface area (TPSA) is 99.8 Å². The maximum atomic E-state index is 13.0. The number of anilines is 2. The number of carbonyl (C=O) groups is 1. The Bertz CT molecular complexity index is 1550. The highest BCUT2D eigenvalue weighted by atomic mass is 16.7. The van der Waals surface area contributed by atoms with Gasteiger partial charge in [-0.2, -0.15) is 5.48 Å². The number of aryl methyl sites for hydroxylation is 1. The predicted octanol–water partition coefficient (Wildman–Crippen LogP) is 5.99. The monoisotopic (exact) mass is 599 g/mol. The van der Waals surface area contributed by atoms with E-state index >= 15 is 0 Å². The van der Waals surface area contributed by atoms with Crippen LogP contribution in [0.3, 0.4) is 0 Å². The number of hydroxylamine groups is 1. The van der Waals surface area contributed by atoms with Gasteiger partial charge in [0.1, 0.15) is 17.2 Å². The van der Waals surface area contributed by atoms with Crippen molar-refractivity contribution in [3.63, 3.8) is 0 Å². The number of nitrogens with one attached hydrogen (secondary N) is 2. The van der Waals surface area contributed by atoms with Gasteiger partial charge in [-0.1, -0.05) is 6.07 Å². The Morgan fingerprint density at radius 3 is 2.16 bits per heavy atom. The van der Waals surface area contributed by atoms with Gasteiger partial charge in [-0.05, 0) is 79.2 Å². The number of ether oxygens (including phenoxy) is 5. The Kier molecular flexibility index (Phi) is 9.93. The van der Waals surface area contributed by atoms with Crippen molar-refractivity contribution in [1.29, 1.82) is 0 Å². The smallest absolute Gasteiger partial charge is 0.284 e. The number of methoxy groups -OCH3 is 3. The van der Waals surface area contributed by atoms with Crippen LogP contribution in [-0.4, -0.2) is 53.5 Å². The predicted molar refractivity (Wildman–Crippen MR) is 169 cm³/mol. The van der Waals surface area contributed by atoms with Crippen LogP contribution in [0.25, 0.3) is 0 Å². The summed E-state index contributed by atoms with van der Waals surface area (Å²) in [5, 5.41) is 3.45. The van der Waals surface area contributed by atoms with Crippen LogP contribution in [0.1, 0.15) is 21.5 Å². The molecule has 0 aliphatic carbocycles. The van der Waals surface area contributed by atoms with E-state index in [1.165, 1.54) is 14.2 Å². The van der Waals surface area contributed by atoms with E-state index in [0.29, 0.717) is 46.6 Å². The molecule has 1 heterocycles. The van der Waals surface area contributed by atoms with Crippen molar-refractivity contribution in [3.05, 3.63) is 95.6 Å². The minimum Gasteiger partial charge on any atom is -0.497 e. The fourth-order valence-electron chi connectivity index (χ4n) is 4.75. The minimum atomic E-state index is -0.454. The molecule has 230 valence electrons. The lowest BCUT2D eigenvalue weighted by molar-refractivity contribution is 0.0757. The van der Waals surface area contributed by atoms with Gasteiger partial charge in [0.25, 0.3) is 5.91 Å². The molecule has 10 heteroatoms. The number of benzene rings is 4. The van der Waals surface area contributed by atoms with E-state index in [-0.39, 0.29) is 0 Å². The van der Waals surface area contributed by atoms with Gasteiger partial charge in [-0.25, -0.2) is 0 Å². The minimum absolute atomic E-state index is 0.327. The summed E-state index contributed by atoms with van der Waals surface area (Å²) in [6, 6.07) is 24.3. The van der Waals surface area contributed by atoms with Crippen LogP contribution in [0.5, 0.6) is 34.5 Å². The Morgan fingerprint density at radius 1 is 0.773 bits per heavy atom. The van der Waals surface area contributed by atoms with Crippen molar-refractivity contribution in [2.75, 3.05) is 57.8 Å². The molecule has 0 bridgehead atoms. The summed E-state index contributed by atoms with van der Waals surface area (Å²) in [5.74, 6) is 2.79. The molecule has 0 spiro atoms. The molecule has 1 fully saturated rings. The molecule has 0 radical (unpaired) electrons. The second kappa shape index (κ2) is 14.4. The van der Waals surface area contributed by atoms with E-state index in [1.807, 2.05) is 43.3 Å². The maximum Gasteiger partial charge on any atom is 0.284 e. The standard InChI is InChI=1S/C34H37N3O7/c1-23-5-11-32(33(17-23)41-4)43-28-10-12-31(44-36-34(38)24-18-29(39-2)21-30(19-24)40-3)25(20-28)22-35-26-6-8-27(9-7-26)37-13-15-42-16-14-37/h5-12,17-21,35H,13-16,22H2,1-4H3,(H,36,38). The van der Waals surface area contributed by atoms with Crippen LogP contribution in [0.15, 0.2) is 78.9 Å². The Morgan fingerprint density at radius 2 is 1.48 bits per heavy atom. The molecule has 1 aliphatic heterocycles. The van der Waals surface area contributed by atoms with Gasteiger partial charge in [0, 0.05) is 48.2 Å². The first-order chi connectivity index (χ1) is 21.4. The van der Waals surface area contributed by atoms with Crippen molar-refractivity contribution in [1.82, 2.24) is 5.48 Å². The Labute approximate surface area is 257 Å². The zero-order valence-electron chi connectivity index (χ0n) is 25.3. The first-order valence-corrected chi connectivity index (χ1v) is 14.3. The molecule has 4 aromatic carbocycles. The van der Waals surface area contributed by atoms with E-state index in [9.17, 15) is 4.79 Å². The van der Waals surface area contributed by atoms with Crippen LogP contribution in [-0.2, 0) is 11.3 Å². The lowest BCUT2D eigenvalue weighted by atomic mass is 10.1. The molecule has 1 aliphatic rings. The van der Waals surface area contributed by atoms with Gasteiger partial charge in [-0.15, -0.1) is 0 Å². The summed E-state index contributed by atoms with van der Waals surface area (Å²) < 4.78 is 27.8. The third-order valence-corrected chi connectivity index (χ3v) is 7.17. The number of morpholine rings is 1. The van der Waals surface area contributed by atoms with Crippen LogP contribution in [0, 0.1) is 6.92 Å². The summed E-state index contributed by atoms with van der Waals surface area (Å²) >= 11 is 0. The average Bonchev–Trinajstić information content (AvgIpc) is 3.07. The van der Waals surface area contributed by atoms with Crippen LogP contribution < -0.4 is 39.5 Å². The van der Waals surface area contributed by atoms with Gasteiger partial charge in [0.15, 0.2) is 17.2 Å². The molecule has 2 N–H and O–H groups in total. The normalized spacial score (nSPS) is 12.7. The number of hydrogen-bond acceptors (Lipinski definition) is 9. The number of carbonyl (C=O) groups excluding carboxylic acids is 1. The van der Waals surface area contributed by atoms with Crippen molar-refractivity contribution in [2.45, 2.75) is 13.5 Å². The number of nitrogens with zero attached hydrogens (tertiary/aromatic N) is 1. The number of rotatable bonds is 12. The highest BCUT2D eigenvalue weighted by Gasteiger charge is 2.15. The van der Waals surface area contributed by atoms with Crippen molar-refractivity contribution in [2.24, 2.45) is 0 Å². The average molecular weight is 600 g/mol. The lowest BCUT2D eigenvalue weighted by Crippen LogP contribution is -2.36. The van der Waals surface area contributed by atoms with Crippen molar-refractivity contribution < 1.29 is 33.3 Å². The van der Waals surface area contributed by atoms with Crippen molar-refractivity contribution in [3.8, 4) is 34.5 Å². The summed E-state index contributed by atoms with van der Waals surface area (Å²) in [7, 11) is 4.66. The molecular formula is C34H37N3O7. The lowest BCUT2D eigenvalue weighted by Gasteiger charge is -2.29. The van der Waals surface area contributed by atoms with Crippen LogP contribution in [0.4, 0.5) is 11.4 Å². The molecule has 4 aromatic rings. The van der Waals surface area contributed by atoms with Gasteiger partial charge < -0.3 is 38.7 Å². The van der Waals surface area contributed by atoms with Gasteiger partial charge in [0.05, 0.1) is 34.5 Å². The maximum absolute atomic E-state index is 13.0. The summed E-state index contributed by atoms with van der Waals surface area (Å²) in [6.07, 6.45) is 0. The zero-order valence-corrected chi connectivity index (χ0v) is 25.3. The Hall–Kier alpha value is -5.09. The summed E-state index contributed by atoms with van der Waals surface area (Å²) in [5.41, 5.74) is 6.78.